The maximum Gasteiger partial charge on any atom is 0.258 e. The number of amides is 1. The summed E-state index contributed by atoms with van der Waals surface area (Å²) in [6.45, 7) is 3.14. The summed E-state index contributed by atoms with van der Waals surface area (Å²) in [5.41, 5.74) is 9.88. The first-order valence-corrected chi connectivity index (χ1v) is 11.7. The number of carbonyl (C=O) groups is 1. The fraction of sp³-hybridized carbons (Fsp3) is 0.333. The van der Waals surface area contributed by atoms with Gasteiger partial charge in [0.1, 0.15) is 5.65 Å². The number of hydrogen-bond acceptors (Lipinski definition) is 5. The number of nitrogens with one attached hydrogen (secondary N) is 1. The lowest BCUT2D eigenvalue weighted by molar-refractivity contribution is -0.117. The van der Waals surface area contributed by atoms with E-state index in [0.717, 1.165) is 72.3 Å². The molecule has 34 heavy (non-hydrogen) atoms. The van der Waals surface area contributed by atoms with E-state index >= 15 is 0 Å². The van der Waals surface area contributed by atoms with Crippen LogP contribution in [0.1, 0.15) is 30.5 Å². The summed E-state index contributed by atoms with van der Waals surface area (Å²) in [6, 6.07) is 14.4. The number of halogens is 3. The first-order valence-electron chi connectivity index (χ1n) is 10.9. The van der Waals surface area contributed by atoms with Crippen molar-refractivity contribution < 1.29 is 4.79 Å². The van der Waals surface area contributed by atoms with E-state index in [-0.39, 0.29) is 49.2 Å². The molecule has 1 saturated heterocycles. The van der Waals surface area contributed by atoms with Crippen molar-refractivity contribution in [2.75, 3.05) is 25.4 Å². The Hall–Kier alpha value is -1.90. The van der Waals surface area contributed by atoms with E-state index in [1.165, 1.54) is 17.3 Å². The number of rotatable bonds is 6. The molecule has 5 rings (SSSR count). The Morgan fingerprint density at radius 3 is 2.65 bits per heavy atom. The average molecular weight is 543 g/mol. The molecule has 3 aromatic rings. The van der Waals surface area contributed by atoms with Gasteiger partial charge in [0.25, 0.3) is 5.91 Å². The van der Waals surface area contributed by atoms with Gasteiger partial charge in [-0.05, 0) is 68.1 Å². The molecule has 1 aromatic carbocycles. The van der Waals surface area contributed by atoms with Crippen LogP contribution in [0.5, 0.6) is 0 Å². The normalized spacial score (nSPS) is 15.5. The Morgan fingerprint density at radius 1 is 1.12 bits per heavy atom. The summed E-state index contributed by atoms with van der Waals surface area (Å²) < 4.78 is 2.09. The third-order valence-corrected chi connectivity index (χ3v) is 7.10. The predicted octanol–water partition coefficient (Wildman–Crippen LogP) is 4.84. The molecule has 2 aliphatic heterocycles. The highest BCUT2D eigenvalue weighted by atomic mass is 35.5. The van der Waals surface area contributed by atoms with Crippen LogP contribution in [0.15, 0.2) is 58.6 Å². The first kappa shape index (κ1) is 28.3. The van der Waals surface area contributed by atoms with Crippen LogP contribution in [-0.4, -0.2) is 45.9 Å². The number of aryl methyl sites for hydroxylation is 1. The minimum Gasteiger partial charge on any atom is -0.399 e. The van der Waals surface area contributed by atoms with E-state index in [1.807, 2.05) is 42.6 Å². The number of benzene rings is 1. The Balaban J connectivity index is 0.00000136. The molecule has 0 aliphatic carbocycles. The number of thioether (sulfide) groups is 1. The van der Waals surface area contributed by atoms with E-state index in [0.29, 0.717) is 0 Å². The molecule has 2 aliphatic rings. The second-order valence-corrected chi connectivity index (χ2v) is 9.35. The minimum atomic E-state index is 0. The third kappa shape index (κ3) is 6.40. The van der Waals surface area contributed by atoms with E-state index < -0.39 is 0 Å². The SMILES string of the molecule is Cl.Cl.Cl.Nc1cccc(CCCN2CCC(NC(=O)C3=Cc4cnc5cccc(n45)S3)CC2)c1. The second kappa shape index (κ2) is 12.7. The van der Waals surface area contributed by atoms with Crippen molar-refractivity contribution in [3.63, 3.8) is 0 Å². The lowest BCUT2D eigenvalue weighted by atomic mass is 10.0. The summed E-state index contributed by atoms with van der Waals surface area (Å²) >= 11 is 1.51. The zero-order valence-corrected chi connectivity index (χ0v) is 21.9. The van der Waals surface area contributed by atoms with Gasteiger partial charge in [-0.3, -0.25) is 9.20 Å². The van der Waals surface area contributed by atoms with Gasteiger partial charge in [-0.1, -0.05) is 30.0 Å². The van der Waals surface area contributed by atoms with Gasteiger partial charge in [0.2, 0.25) is 0 Å². The topological polar surface area (TPSA) is 75.7 Å². The minimum absolute atomic E-state index is 0. The molecule has 0 radical (unpaired) electrons. The van der Waals surface area contributed by atoms with Crippen molar-refractivity contribution in [2.45, 2.75) is 36.8 Å². The van der Waals surface area contributed by atoms with Crippen LogP contribution >= 0.6 is 49.0 Å². The molecule has 0 atom stereocenters. The molecular weight excluding hydrogens is 513 g/mol. The van der Waals surface area contributed by atoms with Gasteiger partial charge in [0.05, 0.1) is 21.8 Å². The quantitative estimate of drug-likeness (QED) is 0.436. The standard InChI is InChI=1S/C24H27N5OS.3ClH/c25-18-6-1-4-17(14-18)5-3-11-28-12-9-19(10-13-28)27-24(30)21-15-20-16-26-22-7-2-8-23(31-21)29(20)22;;;/h1-2,4,6-8,14-16,19H,3,5,9-13,25H2,(H,27,30);3*1H. The average Bonchev–Trinajstić information content (AvgIpc) is 3.20. The Labute approximate surface area is 223 Å². The van der Waals surface area contributed by atoms with Gasteiger partial charge in [-0.2, -0.15) is 0 Å². The molecular formula is C24H30Cl3N5OS. The molecule has 3 N–H and O–H groups in total. The lowest BCUT2D eigenvalue weighted by Crippen LogP contribution is -2.45. The van der Waals surface area contributed by atoms with Gasteiger partial charge in [-0.15, -0.1) is 37.2 Å². The number of piperidine rings is 1. The Bertz CT molecular complexity index is 1140. The fourth-order valence-electron chi connectivity index (χ4n) is 4.41. The van der Waals surface area contributed by atoms with Crippen LogP contribution in [0.3, 0.4) is 0 Å². The van der Waals surface area contributed by atoms with Gasteiger partial charge >= 0.3 is 0 Å². The van der Waals surface area contributed by atoms with Crippen LogP contribution in [-0.2, 0) is 11.2 Å². The highest BCUT2D eigenvalue weighted by Gasteiger charge is 2.24. The monoisotopic (exact) mass is 541 g/mol. The molecule has 0 saturated carbocycles. The van der Waals surface area contributed by atoms with Crippen LogP contribution in [0, 0.1) is 0 Å². The Kier molecular flexibility index (Phi) is 10.6. The maximum absolute atomic E-state index is 12.9. The van der Waals surface area contributed by atoms with Gasteiger partial charge < -0.3 is 16.0 Å². The number of pyridine rings is 1. The zero-order chi connectivity index (χ0) is 21.2. The molecule has 4 heterocycles. The van der Waals surface area contributed by atoms with Gasteiger partial charge in [-0.25, -0.2) is 4.98 Å². The molecule has 2 aromatic heterocycles. The summed E-state index contributed by atoms with van der Waals surface area (Å²) in [5, 5.41) is 4.29. The van der Waals surface area contributed by atoms with Crippen molar-refractivity contribution >= 4 is 72.3 Å². The summed E-state index contributed by atoms with van der Waals surface area (Å²) in [4.78, 5) is 20.6. The van der Waals surface area contributed by atoms with Crippen molar-refractivity contribution in [2.24, 2.45) is 0 Å². The molecule has 1 amide bonds. The smallest absolute Gasteiger partial charge is 0.258 e. The van der Waals surface area contributed by atoms with Crippen molar-refractivity contribution in [3.05, 3.63) is 64.8 Å². The predicted molar refractivity (Wildman–Crippen MR) is 148 cm³/mol. The lowest BCUT2D eigenvalue weighted by Gasteiger charge is -2.32. The van der Waals surface area contributed by atoms with Crippen LogP contribution in [0.2, 0.25) is 0 Å². The number of likely N-dealkylation sites (tertiary alicyclic amines) is 1. The number of aromatic nitrogens is 2. The largest absolute Gasteiger partial charge is 0.399 e. The fourth-order valence-corrected chi connectivity index (χ4v) is 5.40. The number of carbonyl (C=O) groups excluding carboxylic acids is 1. The summed E-state index contributed by atoms with van der Waals surface area (Å²) in [5.74, 6) is 0.0227. The number of nitrogen functional groups attached to an aromatic ring is 1. The second-order valence-electron chi connectivity index (χ2n) is 8.29. The van der Waals surface area contributed by atoms with Gasteiger partial charge in [0.15, 0.2) is 0 Å². The number of nitrogens with two attached hydrogens (primary N) is 1. The molecule has 1 fully saturated rings. The highest BCUT2D eigenvalue weighted by Crippen LogP contribution is 2.34. The summed E-state index contributed by atoms with van der Waals surface area (Å²) in [6.07, 6.45) is 7.94. The van der Waals surface area contributed by atoms with E-state index in [9.17, 15) is 4.79 Å². The maximum atomic E-state index is 12.9. The Morgan fingerprint density at radius 2 is 1.88 bits per heavy atom. The van der Waals surface area contributed by atoms with Crippen LogP contribution in [0.25, 0.3) is 11.7 Å². The molecule has 184 valence electrons. The zero-order valence-electron chi connectivity index (χ0n) is 18.7. The third-order valence-electron chi connectivity index (χ3n) is 6.05. The van der Waals surface area contributed by atoms with Crippen LogP contribution < -0.4 is 11.1 Å². The van der Waals surface area contributed by atoms with Crippen LogP contribution in [0.4, 0.5) is 5.69 Å². The molecule has 6 nitrogen and oxygen atoms in total. The molecule has 0 bridgehead atoms. The number of hydrogen-bond donors (Lipinski definition) is 2. The van der Waals surface area contributed by atoms with E-state index in [1.54, 1.807) is 0 Å². The van der Waals surface area contributed by atoms with Gasteiger partial charge in [0, 0.05) is 24.8 Å². The molecule has 0 spiro atoms. The molecule has 10 heteroatoms. The highest BCUT2D eigenvalue weighted by molar-refractivity contribution is 8.04. The van der Waals surface area contributed by atoms with E-state index in [4.69, 9.17) is 5.73 Å². The number of nitrogens with zero attached hydrogens (tertiary/aromatic N) is 3. The first-order chi connectivity index (χ1) is 15.2. The van der Waals surface area contributed by atoms with Crippen molar-refractivity contribution in [1.82, 2.24) is 19.6 Å². The summed E-state index contributed by atoms with van der Waals surface area (Å²) in [7, 11) is 0. The van der Waals surface area contributed by atoms with E-state index in [2.05, 4.69) is 31.7 Å². The molecule has 0 unspecified atom stereocenters. The van der Waals surface area contributed by atoms with Crippen molar-refractivity contribution in [1.29, 1.82) is 0 Å². The number of imidazole rings is 1. The number of anilines is 1. The van der Waals surface area contributed by atoms with Crippen molar-refractivity contribution in [3.8, 4) is 0 Å².